The summed E-state index contributed by atoms with van der Waals surface area (Å²) in [6.07, 6.45) is 0.658. The number of benzene rings is 3. The van der Waals surface area contributed by atoms with Crippen molar-refractivity contribution >= 4 is 33.2 Å². The first-order valence-corrected chi connectivity index (χ1v) is 12.3. The van der Waals surface area contributed by atoms with E-state index in [1.165, 1.54) is 18.2 Å². The highest BCUT2D eigenvalue weighted by molar-refractivity contribution is 7.92. The average Bonchev–Trinajstić information content (AvgIpc) is 2.79. The topological polar surface area (TPSA) is 84.5 Å². The van der Waals surface area contributed by atoms with Crippen LogP contribution in [0.5, 0.6) is 5.75 Å². The van der Waals surface area contributed by atoms with Crippen molar-refractivity contribution in [2.24, 2.45) is 0 Å². The van der Waals surface area contributed by atoms with Crippen LogP contribution in [0.25, 0.3) is 0 Å². The van der Waals surface area contributed by atoms with Crippen LogP contribution in [0.4, 0.5) is 5.69 Å². The quantitative estimate of drug-likeness (QED) is 0.431. The number of rotatable bonds is 8. The van der Waals surface area contributed by atoms with Gasteiger partial charge in [-0.25, -0.2) is 8.42 Å². The maximum absolute atomic E-state index is 13.1. The Balaban J connectivity index is 1.86. The number of carbonyl (C=O) groups is 1. The molecular weight excluding hydrogens is 460 g/mol. The van der Waals surface area contributed by atoms with Crippen molar-refractivity contribution in [1.29, 1.82) is 0 Å². The van der Waals surface area contributed by atoms with E-state index in [0.29, 0.717) is 12.1 Å². The molecule has 1 unspecified atom stereocenters. The molecule has 2 N–H and O–H groups in total. The van der Waals surface area contributed by atoms with Crippen molar-refractivity contribution in [3.63, 3.8) is 0 Å². The number of nitrogens with one attached hydrogen (secondary N) is 2. The van der Waals surface area contributed by atoms with Crippen LogP contribution in [0, 0.1) is 13.8 Å². The van der Waals surface area contributed by atoms with Gasteiger partial charge < -0.3 is 10.1 Å². The Morgan fingerprint density at radius 2 is 1.73 bits per heavy atom. The van der Waals surface area contributed by atoms with Crippen molar-refractivity contribution in [3.8, 4) is 5.75 Å². The Labute approximate surface area is 200 Å². The fourth-order valence-corrected chi connectivity index (χ4v) is 5.04. The number of hydrogen-bond donors (Lipinski definition) is 2. The summed E-state index contributed by atoms with van der Waals surface area (Å²) < 4.78 is 33.9. The van der Waals surface area contributed by atoms with Gasteiger partial charge in [0.05, 0.1) is 23.9 Å². The second-order valence-electron chi connectivity index (χ2n) is 7.78. The maximum atomic E-state index is 13.1. The highest BCUT2D eigenvalue weighted by Crippen LogP contribution is 2.27. The molecule has 1 amide bonds. The fourth-order valence-electron chi connectivity index (χ4n) is 3.39. The summed E-state index contributed by atoms with van der Waals surface area (Å²) in [6, 6.07) is 16.9. The molecule has 33 heavy (non-hydrogen) atoms. The molecule has 0 saturated heterocycles. The Morgan fingerprint density at radius 3 is 2.36 bits per heavy atom. The number of methoxy groups -OCH3 is 1. The van der Waals surface area contributed by atoms with Gasteiger partial charge in [0.1, 0.15) is 10.6 Å². The molecule has 0 saturated carbocycles. The Hall–Kier alpha value is -3.03. The first-order valence-electron chi connectivity index (χ1n) is 10.5. The smallest absolute Gasteiger partial charge is 0.263 e. The molecular formula is C25H27ClN2O4S. The van der Waals surface area contributed by atoms with Gasteiger partial charge in [0.25, 0.3) is 15.9 Å². The minimum Gasteiger partial charge on any atom is -0.497 e. The summed E-state index contributed by atoms with van der Waals surface area (Å²) in [5, 5.41) is 3.00. The molecule has 0 bridgehead atoms. The van der Waals surface area contributed by atoms with E-state index in [0.717, 1.165) is 22.4 Å². The molecule has 1 atom stereocenters. The summed E-state index contributed by atoms with van der Waals surface area (Å²) in [5.74, 6) is 0.335. The number of carbonyl (C=O) groups excluding carboxylic acids is 1. The highest BCUT2D eigenvalue weighted by Gasteiger charge is 2.22. The van der Waals surface area contributed by atoms with E-state index in [1.54, 1.807) is 13.2 Å². The SMILES string of the molecule is CCC(NC(=O)c1ccc(Cl)c(S(=O)(=O)Nc2cc(C)ccc2C)c1)c1ccc(OC)cc1. The minimum absolute atomic E-state index is 0.0338. The van der Waals surface area contributed by atoms with E-state index in [4.69, 9.17) is 16.3 Å². The van der Waals surface area contributed by atoms with Crippen LogP contribution >= 0.6 is 11.6 Å². The molecule has 3 rings (SSSR count). The largest absolute Gasteiger partial charge is 0.497 e. The van der Waals surface area contributed by atoms with Gasteiger partial charge in [-0.2, -0.15) is 0 Å². The molecule has 0 spiro atoms. The number of halogens is 1. The molecule has 0 aliphatic heterocycles. The molecule has 0 heterocycles. The zero-order valence-corrected chi connectivity index (χ0v) is 20.5. The molecule has 6 nitrogen and oxygen atoms in total. The van der Waals surface area contributed by atoms with Crippen molar-refractivity contribution < 1.29 is 17.9 Å². The zero-order chi connectivity index (χ0) is 24.2. The van der Waals surface area contributed by atoms with E-state index in [9.17, 15) is 13.2 Å². The number of anilines is 1. The third kappa shape index (κ3) is 5.86. The number of amides is 1. The predicted octanol–water partition coefficient (Wildman–Crippen LogP) is 5.65. The Morgan fingerprint density at radius 1 is 1.03 bits per heavy atom. The summed E-state index contributed by atoms with van der Waals surface area (Å²) in [4.78, 5) is 12.8. The van der Waals surface area contributed by atoms with E-state index >= 15 is 0 Å². The zero-order valence-electron chi connectivity index (χ0n) is 19.0. The molecule has 0 aliphatic carbocycles. The van der Waals surface area contributed by atoms with Crippen LogP contribution < -0.4 is 14.8 Å². The van der Waals surface area contributed by atoms with Crippen LogP contribution in [0.15, 0.2) is 65.6 Å². The number of aryl methyl sites for hydroxylation is 2. The highest BCUT2D eigenvalue weighted by atomic mass is 35.5. The van der Waals surface area contributed by atoms with Gasteiger partial charge in [-0.3, -0.25) is 9.52 Å². The van der Waals surface area contributed by atoms with Crippen LogP contribution in [0.2, 0.25) is 5.02 Å². The molecule has 3 aromatic rings. The molecule has 3 aromatic carbocycles. The fraction of sp³-hybridized carbons (Fsp3) is 0.240. The minimum atomic E-state index is -4.01. The van der Waals surface area contributed by atoms with E-state index in [1.807, 2.05) is 57.2 Å². The monoisotopic (exact) mass is 486 g/mol. The summed E-state index contributed by atoms with van der Waals surface area (Å²) in [5.41, 5.74) is 3.28. The Bertz CT molecular complexity index is 1260. The summed E-state index contributed by atoms with van der Waals surface area (Å²) in [7, 11) is -2.42. The molecule has 0 aromatic heterocycles. The third-order valence-corrected chi connectivity index (χ3v) is 7.20. The van der Waals surface area contributed by atoms with Crippen LogP contribution in [-0.4, -0.2) is 21.4 Å². The van der Waals surface area contributed by atoms with Crippen molar-refractivity contribution in [3.05, 3.63) is 87.9 Å². The van der Waals surface area contributed by atoms with Gasteiger partial charge in [0.2, 0.25) is 0 Å². The lowest BCUT2D eigenvalue weighted by molar-refractivity contribution is 0.0935. The summed E-state index contributed by atoms with van der Waals surface area (Å²) in [6.45, 7) is 5.65. The summed E-state index contributed by atoms with van der Waals surface area (Å²) >= 11 is 6.22. The van der Waals surface area contributed by atoms with E-state index in [-0.39, 0.29) is 21.5 Å². The number of ether oxygens (including phenoxy) is 1. The number of sulfonamides is 1. The molecule has 0 aliphatic rings. The first-order chi connectivity index (χ1) is 15.6. The number of hydrogen-bond acceptors (Lipinski definition) is 4. The predicted molar refractivity (Wildman–Crippen MR) is 132 cm³/mol. The maximum Gasteiger partial charge on any atom is 0.263 e. The second-order valence-corrected chi connectivity index (χ2v) is 9.83. The second kappa shape index (κ2) is 10.3. The molecule has 8 heteroatoms. The molecule has 174 valence electrons. The molecule has 0 fully saturated rings. The van der Waals surface area contributed by atoms with Gasteiger partial charge in [-0.1, -0.05) is 42.8 Å². The van der Waals surface area contributed by atoms with E-state index < -0.39 is 15.9 Å². The van der Waals surface area contributed by atoms with Crippen molar-refractivity contribution in [1.82, 2.24) is 5.32 Å². The average molecular weight is 487 g/mol. The van der Waals surface area contributed by atoms with Gasteiger partial charge in [0, 0.05) is 5.56 Å². The standard InChI is InChI=1S/C25H27ClN2O4S/c1-5-22(18-8-11-20(32-4)12-9-18)27-25(29)19-10-13-21(26)24(15-19)33(30,31)28-23-14-16(2)6-7-17(23)3/h6-15,22,28H,5H2,1-4H3,(H,27,29). The Kier molecular flexibility index (Phi) is 7.66. The molecule has 0 radical (unpaired) electrons. The van der Waals surface area contributed by atoms with Crippen LogP contribution in [-0.2, 0) is 10.0 Å². The van der Waals surface area contributed by atoms with Gasteiger partial charge in [-0.05, 0) is 73.4 Å². The van der Waals surface area contributed by atoms with E-state index in [2.05, 4.69) is 10.0 Å². The van der Waals surface area contributed by atoms with Crippen LogP contribution in [0.1, 0.15) is 46.4 Å². The van der Waals surface area contributed by atoms with Gasteiger partial charge in [-0.15, -0.1) is 0 Å². The van der Waals surface area contributed by atoms with Gasteiger partial charge >= 0.3 is 0 Å². The normalized spacial score (nSPS) is 12.2. The first kappa shape index (κ1) is 24.6. The third-order valence-electron chi connectivity index (χ3n) is 5.35. The van der Waals surface area contributed by atoms with Gasteiger partial charge in [0.15, 0.2) is 0 Å². The lowest BCUT2D eigenvalue weighted by atomic mass is 10.0. The lowest BCUT2D eigenvalue weighted by Crippen LogP contribution is -2.28. The van der Waals surface area contributed by atoms with Crippen molar-refractivity contribution in [2.75, 3.05) is 11.8 Å². The van der Waals surface area contributed by atoms with Crippen LogP contribution in [0.3, 0.4) is 0 Å². The van der Waals surface area contributed by atoms with Crippen molar-refractivity contribution in [2.45, 2.75) is 38.1 Å². The lowest BCUT2D eigenvalue weighted by Gasteiger charge is -2.18.